The molecule has 0 amide bonds. The number of carbonyl (C=O) groups excluding carboxylic acids is 1. The van der Waals surface area contributed by atoms with Crippen molar-refractivity contribution in [1.29, 1.82) is 0 Å². The molecule has 1 fully saturated rings. The highest BCUT2D eigenvalue weighted by atomic mass is 16.5. The molecule has 70 valence electrons. The minimum Gasteiger partial charge on any atom is -0.469 e. The molecule has 0 aromatic rings. The van der Waals surface area contributed by atoms with Gasteiger partial charge in [0.15, 0.2) is 0 Å². The van der Waals surface area contributed by atoms with Gasteiger partial charge in [0.1, 0.15) is 0 Å². The first kappa shape index (κ1) is 9.52. The van der Waals surface area contributed by atoms with E-state index < -0.39 is 0 Å². The minimum atomic E-state index is -0.0822. The summed E-state index contributed by atoms with van der Waals surface area (Å²) in [4.78, 5) is 11.2. The van der Waals surface area contributed by atoms with Crippen LogP contribution in [0.5, 0.6) is 0 Å². The molecule has 12 heavy (non-hydrogen) atoms. The molecule has 0 saturated carbocycles. The number of hydrogen-bond donors (Lipinski definition) is 1. The standard InChI is InChI=1S/C9H17NO2/c1-6-4-8(9(11)12-3)5-10-7(6)2/h6-8,10H,4-5H2,1-3H3/t6-,7+,8-/m1/s1. The molecule has 0 aromatic heterocycles. The fraction of sp³-hybridized carbons (Fsp3) is 0.889. The first-order chi connectivity index (χ1) is 5.65. The monoisotopic (exact) mass is 171 g/mol. The van der Waals surface area contributed by atoms with Crippen molar-refractivity contribution in [2.45, 2.75) is 26.3 Å². The van der Waals surface area contributed by atoms with Crippen molar-refractivity contribution in [3.8, 4) is 0 Å². The fourth-order valence-corrected chi connectivity index (χ4v) is 1.61. The maximum atomic E-state index is 11.2. The highest BCUT2D eigenvalue weighted by Gasteiger charge is 2.29. The Morgan fingerprint density at radius 3 is 2.67 bits per heavy atom. The number of rotatable bonds is 1. The molecule has 1 aliphatic heterocycles. The van der Waals surface area contributed by atoms with Crippen molar-refractivity contribution in [2.24, 2.45) is 11.8 Å². The second-order valence-corrected chi connectivity index (χ2v) is 3.63. The largest absolute Gasteiger partial charge is 0.469 e. The average molecular weight is 171 g/mol. The Balaban J connectivity index is 2.45. The summed E-state index contributed by atoms with van der Waals surface area (Å²) in [6, 6.07) is 0.519. The quantitative estimate of drug-likeness (QED) is 0.593. The number of ether oxygens (including phenoxy) is 1. The van der Waals surface area contributed by atoms with Gasteiger partial charge < -0.3 is 10.1 Å². The molecule has 0 spiro atoms. The van der Waals surface area contributed by atoms with Gasteiger partial charge in [-0.15, -0.1) is 0 Å². The van der Waals surface area contributed by atoms with E-state index in [9.17, 15) is 4.79 Å². The Morgan fingerprint density at radius 2 is 2.17 bits per heavy atom. The van der Waals surface area contributed by atoms with Gasteiger partial charge >= 0.3 is 5.97 Å². The fourth-order valence-electron chi connectivity index (χ4n) is 1.61. The maximum absolute atomic E-state index is 11.2. The molecule has 0 radical (unpaired) electrons. The lowest BCUT2D eigenvalue weighted by Crippen LogP contribution is -2.45. The Morgan fingerprint density at radius 1 is 1.50 bits per heavy atom. The van der Waals surface area contributed by atoms with Crippen LogP contribution in [0.1, 0.15) is 20.3 Å². The van der Waals surface area contributed by atoms with Gasteiger partial charge in [-0.05, 0) is 19.3 Å². The summed E-state index contributed by atoms with van der Waals surface area (Å²) in [5, 5.41) is 3.30. The molecular weight excluding hydrogens is 154 g/mol. The topological polar surface area (TPSA) is 38.3 Å². The summed E-state index contributed by atoms with van der Waals surface area (Å²) < 4.78 is 4.69. The summed E-state index contributed by atoms with van der Waals surface area (Å²) in [5.41, 5.74) is 0. The third-order valence-electron chi connectivity index (χ3n) is 2.73. The van der Waals surface area contributed by atoms with E-state index in [4.69, 9.17) is 4.74 Å². The minimum absolute atomic E-state index is 0.0567. The van der Waals surface area contributed by atoms with E-state index in [0.29, 0.717) is 12.0 Å². The first-order valence-corrected chi connectivity index (χ1v) is 4.46. The van der Waals surface area contributed by atoms with E-state index >= 15 is 0 Å². The first-order valence-electron chi connectivity index (χ1n) is 4.46. The smallest absolute Gasteiger partial charge is 0.309 e. The Bertz CT molecular complexity index is 170. The average Bonchev–Trinajstić information content (AvgIpc) is 2.08. The molecular formula is C9H17NO2. The van der Waals surface area contributed by atoms with Crippen LogP contribution < -0.4 is 5.32 Å². The summed E-state index contributed by atoms with van der Waals surface area (Å²) in [7, 11) is 1.45. The molecule has 3 atom stereocenters. The van der Waals surface area contributed by atoms with Crippen molar-refractivity contribution >= 4 is 5.97 Å². The molecule has 3 nitrogen and oxygen atoms in total. The lowest BCUT2D eigenvalue weighted by Gasteiger charge is -2.31. The van der Waals surface area contributed by atoms with E-state index in [-0.39, 0.29) is 11.9 Å². The number of esters is 1. The van der Waals surface area contributed by atoms with E-state index in [1.54, 1.807) is 0 Å². The van der Waals surface area contributed by atoms with Gasteiger partial charge in [-0.2, -0.15) is 0 Å². The predicted octanol–water partition coefficient (Wildman–Crippen LogP) is 0.793. The number of piperidine rings is 1. The lowest BCUT2D eigenvalue weighted by molar-refractivity contribution is -0.146. The van der Waals surface area contributed by atoms with Crippen molar-refractivity contribution in [1.82, 2.24) is 5.32 Å². The van der Waals surface area contributed by atoms with Crippen LogP contribution in [0.4, 0.5) is 0 Å². The maximum Gasteiger partial charge on any atom is 0.309 e. The second-order valence-electron chi connectivity index (χ2n) is 3.63. The van der Waals surface area contributed by atoms with Gasteiger partial charge in [0.2, 0.25) is 0 Å². The van der Waals surface area contributed by atoms with Gasteiger partial charge in [-0.25, -0.2) is 0 Å². The zero-order valence-corrected chi connectivity index (χ0v) is 7.96. The second kappa shape index (κ2) is 3.90. The van der Waals surface area contributed by atoms with Gasteiger partial charge in [0.25, 0.3) is 0 Å². The van der Waals surface area contributed by atoms with Gasteiger partial charge in [-0.1, -0.05) is 6.92 Å². The van der Waals surface area contributed by atoms with E-state index in [1.807, 2.05) is 0 Å². The molecule has 1 aliphatic rings. The Hall–Kier alpha value is -0.570. The number of nitrogens with one attached hydrogen (secondary N) is 1. The summed E-state index contributed by atoms with van der Waals surface area (Å²) in [6.07, 6.45) is 0.945. The van der Waals surface area contributed by atoms with E-state index in [2.05, 4.69) is 19.2 Å². The van der Waals surface area contributed by atoms with Crippen LogP contribution in [0.15, 0.2) is 0 Å². The van der Waals surface area contributed by atoms with Crippen LogP contribution in [0.3, 0.4) is 0 Å². The van der Waals surface area contributed by atoms with Crippen molar-refractivity contribution in [3.63, 3.8) is 0 Å². The van der Waals surface area contributed by atoms with Crippen LogP contribution in [-0.2, 0) is 9.53 Å². The predicted molar refractivity (Wildman–Crippen MR) is 46.8 cm³/mol. The van der Waals surface area contributed by atoms with Gasteiger partial charge in [-0.3, -0.25) is 4.79 Å². The van der Waals surface area contributed by atoms with Gasteiger partial charge in [0, 0.05) is 12.6 Å². The van der Waals surface area contributed by atoms with Crippen LogP contribution in [-0.4, -0.2) is 25.7 Å². The number of methoxy groups -OCH3 is 1. The Labute approximate surface area is 73.5 Å². The zero-order valence-electron chi connectivity index (χ0n) is 7.96. The van der Waals surface area contributed by atoms with Crippen LogP contribution in [0.2, 0.25) is 0 Å². The number of hydrogen-bond acceptors (Lipinski definition) is 3. The molecule has 1 saturated heterocycles. The van der Waals surface area contributed by atoms with Crippen LogP contribution in [0.25, 0.3) is 0 Å². The SMILES string of the molecule is COC(=O)[C@H]1CN[C@@H](C)[C@H](C)C1. The summed E-state index contributed by atoms with van der Waals surface area (Å²) >= 11 is 0. The molecule has 0 aromatic carbocycles. The molecule has 0 unspecified atom stereocenters. The normalized spacial score (nSPS) is 36.1. The third-order valence-corrected chi connectivity index (χ3v) is 2.73. The molecule has 1 heterocycles. The van der Waals surface area contributed by atoms with E-state index in [0.717, 1.165) is 13.0 Å². The molecule has 0 bridgehead atoms. The highest BCUT2D eigenvalue weighted by molar-refractivity contribution is 5.72. The van der Waals surface area contributed by atoms with Crippen LogP contribution in [0, 0.1) is 11.8 Å². The van der Waals surface area contributed by atoms with Crippen molar-refractivity contribution < 1.29 is 9.53 Å². The van der Waals surface area contributed by atoms with E-state index in [1.165, 1.54) is 7.11 Å². The lowest BCUT2D eigenvalue weighted by atomic mass is 9.87. The molecule has 1 rings (SSSR count). The van der Waals surface area contributed by atoms with Crippen molar-refractivity contribution in [3.05, 3.63) is 0 Å². The molecule has 0 aliphatic carbocycles. The van der Waals surface area contributed by atoms with Crippen molar-refractivity contribution in [2.75, 3.05) is 13.7 Å². The van der Waals surface area contributed by atoms with Gasteiger partial charge in [0.05, 0.1) is 13.0 Å². The van der Waals surface area contributed by atoms with Crippen LogP contribution >= 0.6 is 0 Å². The molecule has 1 N–H and O–H groups in total. The highest BCUT2D eigenvalue weighted by Crippen LogP contribution is 2.21. The summed E-state index contributed by atoms with van der Waals surface area (Å²) in [6.45, 7) is 5.07. The third kappa shape index (κ3) is 1.97. The molecule has 3 heteroatoms. The summed E-state index contributed by atoms with van der Waals surface area (Å²) in [5.74, 6) is 0.533. The zero-order chi connectivity index (χ0) is 9.14. The Kier molecular flexibility index (Phi) is 3.09. The number of carbonyl (C=O) groups is 1.